The fourth-order valence-electron chi connectivity index (χ4n) is 2.69. The van der Waals surface area contributed by atoms with Gasteiger partial charge in [-0.1, -0.05) is 35.6 Å². The molecule has 0 unspecified atom stereocenters. The molecular weight excluding hydrogens is 323 g/mol. The van der Waals surface area contributed by atoms with E-state index in [4.69, 9.17) is 5.73 Å². The van der Waals surface area contributed by atoms with Crippen LogP contribution in [0.1, 0.15) is 28.4 Å². The standard InChI is InChI=1S/C19H17FN2OS/c1-3-13(10-12-5-7-14(20)8-6-12)17(23)16-11(2)4-9-15-18(16)24-19(21)22-15/h3-9H,10H2,1-2H3,(H2,21,22)/b13-3-. The Kier molecular flexibility index (Phi) is 4.44. The Morgan fingerprint density at radius 1 is 1.25 bits per heavy atom. The van der Waals surface area contributed by atoms with E-state index >= 15 is 0 Å². The lowest BCUT2D eigenvalue weighted by Crippen LogP contribution is -2.08. The lowest BCUT2D eigenvalue weighted by molar-refractivity contribution is 0.103. The van der Waals surface area contributed by atoms with E-state index in [0.717, 1.165) is 21.3 Å². The van der Waals surface area contributed by atoms with Crippen LogP contribution >= 0.6 is 11.3 Å². The minimum atomic E-state index is -0.284. The fraction of sp³-hybridized carbons (Fsp3) is 0.158. The van der Waals surface area contributed by atoms with Crippen LogP contribution in [-0.4, -0.2) is 10.8 Å². The van der Waals surface area contributed by atoms with Crippen LogP contribution in [0.3, 0.4) is 0 Å². The molecule has 3 rings (SSSR count). The Morgan fingerprint density at radius 2 is 1.96 bits per heavy atom. The van der Waals surface area contributed by atoms with E-state index in [0.29, 0.717) is 22.7 Å². The summed E-state index contributed by atoms with van der Waals surface area (Å²) in [6, 6.07) is 9.98. The first-order valence-electron chi connectivity index (χ1n) is 7.59. The number of Topliss-reactive ketones (excluding diaryl/α,β-unsaturated/α-hetero) is 1. The molecule has 0 radical (unpaired) electrons. The number of anilines is 1. The van der Waals surface area contributed by atoms with Crippen LogP contribution in [-0.2, 0) is 6.42 Å². The summed E-state index contributed by atoms with van der Waals surface area (Å²) in [6.45, 7) is 3.75. The number of benzene rings is 2. The van der Waals surface area contributed by atoms with Crippen LogP contribution in [0.2, 0.25) is 0 Å². The Hall–Kier alpha value is -2.53. The van der Waals surface area contributed by atoms with Gasteiger partial charge in [-0.05, 0) is 43.2 Å². The van der Waals surface area contributed by atoms with Crippen molar-refractivity contribution in [3.8, 4) is 0 Å². The van der Waals surface area contributed by atoms with Crippen LogP contribution in [0.5, 0.6) is 0 Å². The number of allylic oxidation sites excluding steroid dienone is 2. The molecule has 5 heteroatoms. The Balaban J connectivity index is 2.00. The molecule has 122 valence electrons. The molecule has 0 saturated heterocycles. The average Bonchev–Trinajstić information content (AvgIpc) is 2.94. The van der Waals surface area contributed by atoms with Gasteiger partial charge in [-0.15, -0.1) is 0 Å². The molecule has 3 aromatic rings. The van der Waals surface area contributed by atoms with E-state index in [1.165, 1.54) is 23.5 Å². The lowest BCUT2D eigenvalue weighted by Gasteiger charge is -2.10. The zero-order valence-corrected chi connectivity index (χ0v) is 14.3. The number of carbonyl (C=O) groups is 1. The fourth-order valence-corrected chi connectivity index (χ4v) is 3.61. The molecule has 0 spiro atoms. The summed E-state index contributed by atoms with van der Waals surface area (Å²) in [6.07, 6.45) is 2.27. The first-order valence-corrected chi connectivity index (χ1v) is 8.41. The number of fused-ring (bicyclic) bond motifs is 1. The van der Waals surface area contributed by atoms with Gasteiger partial charge in [0, 0.05) is 17.6 Å². The van der Waals surface area contributed by atoms with E-state index in [2.05, 4.69) is 4.98 Å². The number of hydrogen-bond donors (Lipinski definition) is 1. The second kappa shape index (κ2) is 6.53. The van der Waals surface area contributed by atoms with E-state index in [1.54, 1.807) is 12.1 Å². The molecular formula is C19H17FN2OS. The van der Waals surface area contributed by atoms with Gasteiger partial charge in [-0.2, -0.15) is 0 Å². The Labute approximate surface area is 143 Å². The van der Waals surface area contributed by atoms with Crippen molar-refractivity contribution < 1.29 is 9.18 Å². The third-order valence-electron chi connectivity index (χ3n) is 3.96. The van der Waals surface area contributed by atoms with Gasteiger partial charge >= 0.3 is 0 Å². The minimum Gasteiger partial charge on any atom is -0.375 e. The normalized spacial score (nSPS) is 11.9. The van der Waals surface area contributed by atoms with Gasteiger partial charge in [0.05, 0.1) is 10.2 Å². The van der Waals surface area contributed by atoms with E-state index in [-0.39, 0.29) is 11.6 Å². The highest BCUT2D eigenvalue weighted by Gasteiger charge is 2.19. The zero-order valence-electron chi connectivity index (χ0n) is 13.5. The van der Waals surface area contributed by atoms with Crippen molar-refractivity contribution in [2.75, 3.05) is 5.73 Å². The first kappa shape index (κ1) is 16.3. The molecule has 0 amide bonds. The summed E-state index contributed by atoms with van der Waals surface area (Å²) in [5.74, 6) is -0.318. The van der Waals surface area contributed by atoms with Crippen LogP contribution in [0.4, 0.5) is 9.52 Å². The molecule has 24 heavy (non-hydrogen) atoms. The monoisotopic (exact) mass is 340 g/mol. The highest BCUT2D eigenvalue weighted by atomic mass is 32.1. The molecule has 1 heterocycles. The molecule has 0 saturated carbocycles. The van der Waals surface area contributed by atoms with Gasteiger partial charge < -0.3 is 5.73 Å². The molecule has 2 N–H and O–H groups in total. The molecule has 0 aliphatic heterocycles. The number of hydrogen-bond acceptors (Lipinski definition) is 4. The van der Waals surface area contributed by atoms with Crippen LogP contribution in [0.25, 0.3) is 10.2 Å². The number of nitrogens with zero attached hydrogens (tertiary/aromatic N) is 1. The number of rotatable bonds is 4. The molecule has 0 aliphatic carbocycles. The lowest BCUT2D eigenvalue weighted by atomic mass is 9.94. The van der Waals surface area contributed by atoms with Gasteiger partial charge in [0.2, 0.25) is 0 Å². The smallest absolute Gasteiger partial charge is 0.190 e. The molecule has 3 nitrogen and oxygen atoms in total. The van der Waals surface area contributed by atoms with E-state index < -0.39 is 0 Å². The number of aryl methyl sites for hydroxylation is 1. The summed E-state index contributed by atoms with van der Waals surface area (Å²) in [5, 5.41) is 0.449. The van der Waals surface area contributed by atoms with E-state index in [1.807, 2.05) is 32.1 Å². The number of carbonyl (C=O) groups excluding carboxylic acids is 1. The SMILES string of the molecule is C/C=C(/Cc1ccc(F)cc1)C(=O)c1c(C)ccc2nc(N)sc12. The Morgan fingerprint density at radius 3 is 2.62 bits per heavy atom. The summed E-state index contributed by atoms with van der Waals surface area (Å²) < 4.78 is 13.9. The number of halogens is 1. The number of nitrogens with two attached hydrogens (primary N) is 1. The van der Waals surface area contributed by atoms with Crippen LogP contribution in [0.15, 0.2) is 48.0 Å². The van der Waals surface area contributed by atoms with Crippen molar-refractivity contribution in [2.24, 2.45) is 0 Å². The molecule has 0 bridgehead atoms. The summed E-state index contributed by atoms with van der Waals surface area (Å²) >= 11 is 1.33. The second-order valence-corrected chi connectivity index (χ2v) is 6.63. The molecule has 2 aromatic carbocycles. The molecule has 0 fully saturated rings. The maximum Gasteiger partial charge on any atom is 0.190 e. The second-order valence-electron chi connectivity index (χ2n) is 5.60. The van der Waals surface area contributed by atoms with Gasteiger partial charge in [0.15, 0.2) is 10.9 Å². The van der Waals surface area contributed by atoms with Crippen molar-refractivity contribution in [3.05, 3.63) is 70.6 Å². The van der Waals surface area contributed by atoms with Crippen molar-refractivity contribution in [2.45, 2.75) is 20.3 Å². The third kappa shape index (κ3) is 3.08. The maximum atomic E-state index is 13.1. The number of aromatic nitrogens is 1. The van der Waals surface area contributed by atoms with Crippen molar-refractivity contribution in [3.63, 3.8) is 0 Å². The molecule has 1 aromatic heterocycles. The highest BCUT2D eigenvalue weighted by Crippen LogP contribution is 2.31. The quantitative estimate of drug-likeness (QED) is 0.553. The van der Waals surface area contributed by atoms with Gasteiger partial charge in [-0.3, -0.25) is 4.79 Å². The summed E-state index contributed by atoms with van der Waals surface area (Å²) in [4.78, 5) is 17.3. The van der Waals surface area contributed by atoms with E-state index in [9.17, 15) is 9.18 Å². The average molecular weight is 340 g/mol. The molecule has 0 atom stereocenters. The topological polar surface area (TPSA) is 56.0 Å². The van der Waals surface area contributed by atoms with Gasteiger partial charge in [0.25, 0.3) is 0 Å². The van der Waals surface area contributed by atoms with Crippen LogP contribution < -0.4 is 5.73 Å². The van der Waals surface area contributed by atoms with Gasteiger partial charge in [0.1, 0.15) is 5.82 Å². The third-order valence-corrected chi connectivity index (χ3v) is 4.88. The minimum absolute atomic E-state index is 0.0337. The first-order chi connectivity index (χ1) is 11.5. The number of nitrogen functional groups attached to an aromatic ring is 1. The predicted molar refractivity (Wildman–Crippen MR) is 97.0 cm³/mol. The Bertz CT molecular complexity index is 942. The number of thiazole rings is 1. The number of ketones is 1. The van der Waals surface area contributed by atoms with Crippen molar-refractivity contribution in [1.29, 1.82) is 0 Å². The highest BCUT2D eigenvalue weighted by molar-refractivity contribution is 7.22. The van der Waals surface area contributed by atoms with Crippen molar-refractivity contribution >= 4 is 32.5 Å². The largest absolute Gasteiger partial charge is 0.375 e. The predicted octanol–water partition coefficient (Wildman–Crippen LogP) is 4.70. The zero-order chi connectivity index (χ0) is 17.3. The van der Waals surface area contributed by atoms with Gasteiger partial charge in [-0.25, -0.2) is 9.37 Å². The van der Waals surface area contributed by atoms with Crippen LogP contribution in [0, 0.1) is 12.7 Å². The maximum absolute atomic E-state index is 13.1. The summed E-state index contributed by atoms with van der Waals surface area (Å²) in [5.41, 5.74) is 9.65. The summed E-state index contributed by atoms with van der Waals surface area (Å²) in [7, 11) is 0. The molecule has 0 aliphatic rings. The van der Waals surface area contributed by atoms with Crippen molar-refractivity contribution in [1.82, 2.24) is 4.98 Å².